The van der Waals surface area contributed by atoms with Crippen LogP contribution in [0.15, 0.2) is 0 Å². The van der Waals surface area contributed by atoms with E-state index in [-0.39, 0.29) is 11.2 Å². The average molecular weight is 177 g/mol. The van der Waals surface area contributed by atoms with Crippen molar-refractivity contribution in [1.82, 2.24) is 0 Å². The number of carbonyl (C=O) groups is 1. The zero-order valence-electron chi connectivity index (χ0n) is 8.05. The first-order chi connectivity index (χ1) is 6.19. The highest BCUT2D eigenvalue weighted by atomic mass is 16.1. The lowest BCUT2D eigenvalue weighted by molar-refractivity contribution is -0.119. The van der Waals surface area contributed by atoms with Crippen molar-refractivity contribution in [1.29, 1.82) is 5.26 Å². The van der Waals surface area contributed by atoms with Gasteiger partial charge in [0, 0.05) is 6.42 Å². The molecular formula is C11H15NO. The molecule has 2 aliphatic rings. The molecule has 0 aliphatic heterocycles. The maximum absolute atomic E-state index is 11.1. The lowest BCUT2D eigenvalue weighted by Crippen LogP contribution is -2.26. The van der Waals surface area contributed by atoms with E-state index in [1.165, 1.54) is 0 Å². The van der Waals surface area contributed by atoms with Crippen LogP contribution in [0.3, 0.4) is 0 Å². The predicted octanol–water partition coefficient (Wildman–Crippen LogP) is 2.30. The second-order valence-electron chi connectivity index (χ2n) is 4.58. The van der Waals surface area contributed by atoms with Crippen LogP contribution < -0.4 is 0 Å². The van der Waals surface area contributed by atoms with E-state index in [9.17, 15) is 10.1 Å². The van der Waals surface area contributed by atoms with Crippen molar-refractivity contribution in [3.8, 4) is 6.07 Å². The summed E-state index contributed by atoms with van der Waals surface area (Å²) in [6.45, 7) is 1.61. The van der Waals surface area contributed by atoms with Crippen LogP contribution >= 0.6 is 0 Å². The van der Waals surface area contributed by atoms with Crippen LogP contribution in [0, 0.1) is 28.6 Å². The first kappa shape index (κ1) is 8.74. The van der Waals surface area contributed by atoms with Crippen molar-refractivity contribution in [3.63, 3.8) is 0 Å². The Bertz CT molecular complexity index is 256. The normalized spacial score (nSPS) is 22.5. The second-order valence-corrected chi connectivity index (χ2v) is 4.58. The van der Waals surface area contributed by atoms with E-state index >= 15 is 0 Å². The lowest BCUT2D eigenvalue weighted by Gasteiger charge is -2.24. The third-order valence-electron chi connectivity index (χ3n) is 3.36. The number of carbonyl (C=O) groups excluding carboxylic acids is 1. The Balaban J connectivity index is 2.16. The molecule has 2 nitrogen and oxygen atoms in total. The summed E-state index contributed by atoms with van der Waals surface area (Å²) in [4.78, 5) is 11.1. The Morgan fingerprint density at radius 2 is 1.85 bits per heavy atom. The van der Waals surface area contributed by atoms with Gasteiger partial charge in [0.25, 0.3) is 0 Å². The van der Waals surface area contributed by atoms with E-state index in [0.717, 1.165) is 25.7 Å². The van der Waals surface area contributed by atoms with Gasteiger partial charge in [-0.25, -0.2) is 0 Å². The van der Waals surface area contributed by atoms with E-state index in [1.54, 1.807) is 6.92 Å². The van der Waals surface area contributed by atoms with Crippen LogP contribution in [0.2, 0.25) is 0 Å². The quantitative estimate of drug-likeness (QED) is 0.661. The maximum atomic E-state index is 11.1. The largest absolute Gasteiger partial charge is 0.300 e. The molecule has 0 bridgehead atoms. The van der Waals surface area contributed by atoms with Crippen LogP contribution in [0.4, 0.5) is 0 Å². The molecule has 2 aliphatic carbocycles. The van der Waals surface area contributed by atoms with Crippen molar-refractivity contribution >= 4 is 5.78 Å². The fourth-order valence-corrected chi connectivity index (χ4v) is 2.45. The Labute approximate surface area is 78.9 Å². The summed E-state index contributed by atoms with van der Waals surface area (Å²) in [5, 5.41) is 9.24. The molecule has 2 fully saturated rings. The smallest absolute Gasteiger partial charge is 0.131 e. The van der Waals surface area contributed by atoms with Crippen molar-refractivity contribution in [2.24, 2.45) is 17.3 Å². The average Bonchev–Trinajstić information content (AvgIpc) is 2.83. The monoisotopic (exact) mass is 177 g/mol. The minimum absolute atomic E-state index is 0.181. The molecule has 13 heavy (non-hydrogen) atoms. The van der Waals surface area contributed by atoms with E-state index < -0.39 is 0 Å². The molecule has 0 heterocycles. The molecule has 0 unspecified atom stereocenters. The summed E-state index contributed by atoms with van der Waals surface area (Å²) >= 11 is 0. The van der Waals surface area contributed by atoms with Gasteiger partial charge in [0.2, 0.25) is 0 Å². The van der Waals surface area contributed by atoms with Crippen LogP contribution in [-0.4, -0.2) is 5.78 Å². The summed E-state index contributed by atoms with van der Waals surface area (Å²) in [6.07, 6.45) is 5.15. The molecule has 0 spiro atoms. The second kappa shape index (κ2) is 2.83. The van der Waals surface area contributed by atoms with Gasteiger partial charge < -0.3 is 0 Å². The Morgan fingerprint density at radius 3 is 2.08 bits per heavy atom. The fourth-order valence-electron chi connectivity index (χ4n) is 2.45. The van der Waals surface area contributed by atoms with E-state index in [4.69, 9.17) is 0 Å². The van der Waals surface area contributed by atoms with Gasteiger partial charge in [-0.3, -0.25) is 4.79 Å². The summed E-state index contributed by atoms with van der Waals surface area (Å²) < 4.78 is 0. The highest BCUT2D eigenvalue weighted by Gasteiger charge is 2.55. The standard InChI is InChI=1S/C11H15NO/c1-8(13)6-11(7-12,9-2-3-9)10-4-5-10/h9-10H,2-6H2,1H3. The molecule has 0 saturated heterocycles. The fraction of sp³-hybridized carbons (Fsp3) is 0.818. The molecular weight excluding hydrogens is 162 g/mol. The summed E-state index contributed by atoms with van der Waals surface area (Å²) in [7, 11) is 0. The zero-order valence-corrected chi connectivity index (χ0v) is 8.05. The topological polar surface area (TPSA) is 40.9 Å². The number of rotatable bonds is 4. The van der Waals surface area contributed by atoms with Crippen molar-refractivity contribution < 1.29 is 4.79 Å². The Kier molecular flexibility index (Phi) is 1.91. The predicted molar refractivity (Wildman–Crippen MR) is 48.8 cm³/mol. The van der Waals surface area contributed by atoms with Gasteiger partial charge in [0.05, 0.1) is 11.5 Å². The van der Waals surface area contributed by atoms with Crippen molar-refractivity contribution in [3.05, 3.63) is 0 Å². The SMILES string of the molecule is CC(=O)CC(C#N)(C1CC1)C1CC1. The molecule has 2 rings (SSSR count). The molecule has 70 valence electrons. The van der Waals surface area contributed by atoms with Gasteiger partial charge in [0.15, 0.2) is 0 Å². The molecule has 2 saturated carbocycles. The van der Waals surface area contributed by atoms with Crippen LogP contribution in [0.25, 0.3) is 0 Å². The highest BCUT2D eigenvalue weighted by molar-refractivity contribution is 5.77. The summed E-state index contributed by atoms with van der Waals surface area (Å²) in [5.74, 6) is 1.25. The van der Waals surface area contributed by atoms with Crippen LogP contribution in [0.1, 0.15) is 39.0 Å². The zero-order chi connectivity index (χ0) is 9.47. The maximum Gasteiger partial charge on any atom is 0.131 e. The summed E-state index contributed by atoms with van der Waals surface area (Å²) in [6, 6.07) is 2.45. The number of hydrogen-bond acceptors (Lipinski definition) is 2. The highest BCUT2D eigenvalue weighted by Crippen LogP contribution is 2.59. The minimum atomic E-state index is -0.258. The number of hydrogen-bond donors (Lipinski definition) is 0. The molecule has 0 N–H and O–H groups in total. The summed E-state index contributed by atoms with van der Waals surface area (Å²) in [5.41, 5.74) is -0.258. The van der Waals surface area contributed by atoms with Crippen LogP contribution in [0.5, 0.6) is 0 Å². The van der Waals surface area contributed by atoms with Gasteiger partial charge in [0.1, 0.15) is 5.78 Å². The number of nitriles is 1. The molecule has 0 radical (unpaired) electrons. The molecule has 2 heteroatoms. The first-order valence-electron chi connectivity index (χ1n) is 5.10. The first-order valence-corrected chi connectivity index (χ1v) is 5.10. The van der Waals surface area contributed by atoms with Crippen molar-refractivity contribution in [2.75, 3.05) is 0 Å². The molecule has 0 atom stereocenters. The van der Waals surface area contributed by atoms with Gasteiger partial charge in [-0.1, -0.05) is 0 Å². The molecule has 0 aromatic heterocycles. The van der Waals surface area contributed by atoms with Gasteiger partial charge >= 0.3 is 0 Å². The Hall–Kier alpha value is -0.840. The minimum Gasteiger partial charge on any atom is -0.300 e. The number of nitrogens with zero attached hydrogens (tertiary/aromatic N) is 1. The third-order valence-corrected chi connectivity index (χ3v) is 3.36. The molecule has 0 aromatic rings. The number of ketones is 1. The van der Waals surface area contributed by atoms with Gasteiger partial charge in [-0.2, -0.15) is 5.26 Å². The van der Waals surface area contributed by atoms with Gasteiger partial charge in [-0.05, 0) is 44.4 Å². The molecule has 0 amide bonds. The Morgan fingerprint density at radius 1 is 1.38 bits per heavy atom. The van der Waals surface area contributed by atoms with Gasteiger partial charge in [-0.15, -0.1) is 0 Å². The van der Waals surface area contributed by atoms with E-state index in [1.807, 2.05) is 0 Å². The van der Waals surface area contributed by atoms with Crippen molar-refractivity contribution in [2.45, 2.75) is 39.0 Å². The molecule has 0 aromatic carbocycles. The third kappa shape index (κ3) is 1.48. The van der Waals surface area contributed by atoms with E-state index in [0.29, 0.717) is 18.3 Å². The lowest BCUT2D eigenvalue weighted by atomic mass is 9.75. The number of Topliss-reactive ketones (excluding diaryl/α,β-unsaturated/α-hetero) is 1. The van der Waals surface area contributed by atoms with Crippen LogP contribution in [-0.2, 0) is 4.79 Å². The van der Waals surface area contributed by atoms with E-state index in [2.05, 4.69) is 6.07 Å².